The van der Waals surface area contributed by atoms with Gasteiger partial charge < -0.3 is 15.3 Å². The highest BCUT2D eigenvalue weighted by molar-refractivity contribution is 4.99. The lowest BCUT2D eigenvalue weighted by molar-refractivity contribution is 0.114. The van der Waals surface area contributed by atoms with Crippen LogP contribution in [0, 0.1) is 11.3 Å². The molecule has 0 radical (unpaired) electrons. The predicted octanol–water partition coefficient (Wildman–Crippen LogP) is 2.25. The maximum absolute atomic E-state index is 9.82. The quantitative estimate of drug-likeness (QED) is 0.775. The van der Waals surface area contributed by atoms with Crippen LogP contribution in [0.15, 0.2) is 0 Å². The standard InChI is InChI=1S/C16H32N2O/c1-4-17-16(13-19)8-5-6-14(16)7-10-18-11-9-15(2,3)12-18/h14,17,19H,4-13H2,1-3H3. The van der Waals surface area contributed by atoms with Crippen LogP contribution >= 0.6 is 0 Å². The third-order valence-corrected chi connectivity index (χ3v) is 5.32. The number of hydrogen-bond acceptors (Lipinski definition) is 3. The van der Waals surface area contributed by atoms with Crippen molar-refractivity contribution in [3.05, 3.63) is 0 Å². The molecule has 2 aliphatic rings. The molecule has 2 fully saturated rings. The Balaban J connectivity index is 1.85. The van der Waals surface area contributed by atoms with Gasteiger partial charge in [-0.1, -0.05) is 27.2 Å². The normalized spacial score (nSPS) is 35.1. The summed E-state index contributed by atoms with van der Waals surface area (Å²) in [7, 11) is 0. The van der Waals surface area contributed by atoms with Gasteiger partial charge in [0.2, 0.25) is 0 Å². The van der Waals surface area contributed by atoms with Crippen LogP contribution in [0.25, 0.3) is 0 Å². The van der Waals surface area contributed by atoms with Gasteiger partial charge >= 0.3 is 0 Å². The van der Waals surface area contributed by atoms with Crippen LogP contribution in [0.4, 0.5) is 0 Å². The number of likely N-dealkylation sites (tertiary alicyclic amines) is 1. The highest BCUT2D eigenvalue weighted by atomic mass is 16.3. The molecule has 2 N–H and O–H groups in total. The monoisotopic (exact) mass is 268 g/mol. The SMILES string of the molecule is CCNC1(CO)CCCC1CCN1CCC(C)(C)C1. The van der Waals surface area contributed by atoms with Crippen LogP contribution in [0.2, 0.25) is 0 Å². The van der Waals surface area contributed by atoms with E-state index in [2.05, 4.69) is 31.0 Å². The summed E-state index contributed by atoms with van der Waals surface area (Å²) in [6, 6.07) is 0. The molecule has 0 bridgehead atoms. The Kier molecular flexibility index (Phi) is 4.91. The molecule has 0 amide bonds. The van der Waals surface area contributed by atoms with Crippen molar-refractivity contribution in [1.82, 2.24) is 10.2 Å². The smallest absolute Gasteiger partial charge is 0.0616 e. The first-order valence-electron chi connectivity index (χ1n) is 8.09. The molecule has 2 atom stereocenters. The highest BCUT2D eigenvalue weighted by Crippen LogP contribution is 2.38. The first-order valence-corrected chi connectivity index (χ1v) is 8.09. The van der Waals surface area contributed by atoms with Gasteiger partial charge in [-0.2, -0.15) is 0 Å². The number of aliphatic hydroxyl groups excluding tert-OH is 1. The summed E-state index contributed by atoms with van der Waals surface area (Å²) >= 11 is 0. The fourth-order valence-corrected chi connectivity index (χ4v) is 4.17. The molecule has 0 spiro atoms. The maximum atomic E-state index is 9.82. The number of aliphatic hydroxyl groups is 1. The molecule has 1 aliphatic carbocycles. The van der Waals surface area contributed by atoms with Crippen molar-refractivity contribution in [2.75, 3.05) is 32.8 Å². The Labute approximate surface area is 118 Å². The zero-order valence-corrected chi connectivity index (χ0v) is 13.0. The Morgan fingerprint density at radius 3 is 2.68 bits per heavy atom. The van der Waals surface area contributed by atoms with Gasteiger partial charge in [0, 0.05) is 12.1 Å². The predicted molar refractivity (Wildman–Crippen MR) is 80.3 cm³/mol. The molecule has 1 aliphatic heterocycles. The minimum atomic E-state index is 0.0178. The Hall–Kier alpha value is -0.120. The number of nitrogens with zero attached hydrogens (tertiary/aromatic N) is 1. The van der Waals surface area contributed by atoms with E-state index in [1.807, 2.05) is 0 Å². The molecule has 1 saturated carbocycles. The van der Waals surface area contributed by atoms with Gasteiger partial charge in [0.1, 0.15) is 0 Å². The molecule has 2 unspecified atom stereocenters. The summed E-state index contributed by atoms with van der Waals surface area (Å²) in [6.07, 6.45) is 6.27. The summed E-state index contributed by atoms with van der Waals surface area (Å²) < 4.78 is 0. The second kappa shape index (κ2) is 6.11. The Morgan fingerprint density at radius 2 is 2.11 bits per heavy atom. The minimum absolute atomic E-state index is 0.0178. The van der Waals surface area contributed by atoms with Crippen molar-refractivity contribution in [2.45, 2.75) is 58.4 Å². The van der Waals surface area contributed by atoms with Gasteiger partial charge in [-0.3, -0.25) is 0 Å². The van der Waals surface area contributed by atoms with Gasteiger partial charge in [-0.05, 0) is 56.7 Å². The lowest BCUT2D eigenvalue weighted by Crippen LogP contribution is -2.51. The summed E-state index contributed by atoms with van der Waals surface area (Å²) in [5.74, 6) is 0.654. The van der Waals surface area contributed by atoms with Crippen molar-refractivity contribution in [3.63, 3.8) is 0 Å². The third kappa shape index (κ3) is 3.50. The molecular formula is C16H32N2O. The summed E-state index contributed by atoms with van der Waals surface area (Å²) in [5.41, 5.74) is 0.523. The molecule has 19 heavy (non-hydrogen) atoms. The Bertz CT molecular complexity index is 292. The first kappa shape index (κ1) is 15.3. The fourth-order valence-electron chi connectivity index (χ4n) is 4.17. The van der Waals surface area contributed by atoms with Gasteiger partial charge in [0.25, 0.3) is 0 Å². The fraction of sp³-hybridized carbons (Fsp3) is 1.00. The topological polar surface area (TPSA) is 35.5 Å². The van der Waals surface area contributed by atoms with Gasteiger partial charge in [-0.15, -0.1) is 0 Å². The highest BCUT2D eigenvalue weighted by Gasteiger charge is 2.41. The molecule has 1 saturated heterocycles. The van der Waals surface area contributed by atoms with Crippen LogP contribution in [-0.4, -0.2) is 48.3 Å². The zero-order valence-electron chi connectivity index (χ0n) is 13.0. The van der Waals surface area contributed by atoms with Crippen LogP contribution in [0.1, 0.15) is 52.9 Å². The summed E-state index contributed by atoms with van der Waals surface area (Å²) in [6.45, 7) is 11.9. The van der Waals surface area contributed by atoms with E-state index in [0.29, 0.717) is 17.9 Å². The van der Waals surface area contributed by atoms with E-state index in [1.54, 1.807) is 0 Å². The second-order valence-corrected chi connectivity index (χ2v) is 7.41. The van der Waals surface area contributed by atoms with E-state index in [4.69, 9.17) is 0 Å². The van der Waals surface area contributed by atoms with Crippen molar-refractivity contribution < 1.29 is 5.11 Å². The Morgan fingerprint density at radius 1 is 1.32 bits per heavy atom. The average Bonchev–Trinajstić information content (AvgIpc) is 2.91. The molecular weight excluding hydrogens is 236 g/mol. The first-order chi connectivity index (χ1) is 9.01. The lowest BCUT2D eigenvalue weighted by atomic mass is 9.85. The van der Waals surface area contributed by atoms with E-state index in [0.717, 1.165) is 13.0 Å². The van der Waals surface area contributed by atoms with Crippen molar-refractivity contribution in [1.29, 1.82) is 0 Å². The molecule has 0 aromatic carbocycles. The van der Waals surface area contributed by atoms with E-state index in [9.17, 15) is 5.11 Å². The summed E-state index contributed by atoms with van der Waals surface area (Å²) in [5, 5.41) is 13.4. The molecule has 112 valence electrons. The molecule has 0 aromatic rings. The van der Waals surface area contributed by atoms with Crippen LogP contribution in [0.5, 0.6) is 0 Å². The largest absolute Gasteiger partial charge is 0.394 e. The minimum Gasteiger partial charge on any atom is -0.394 e. The number of rotatable bonds is 6. The average molecular weight is 268 g/mol. The molecule has 3 nitrogen and oxygen atoms in total. The van der Waals surface area contributed by atoms with Gasteiger partial charge in [0.05, 0.1) is 6.61 Å². The third-order valence-electron chi connectivity index (χ3n) is 5.32. The van der Waals surface area contributed by atoms with E-state index < -0.39 is 0 Å². The van der Waals surface area contributed by atoms with E-state index >= 15 is 0 Å². The molecule has 0 aromatic heterocycles. The second-order valence-electron chi connectivity index (χ2n) is 7.41. The zero-order chi connectivity index (χ0) is 13.9. The van der Waals surface area contributed by atoms with E-state index in [1.165, 1.54) is 45.3 Å². The van der Waals surface area contributed by atoms with E-state index in [-0.39, 0.29) is 5.54 Å². The number of hydrogen-bond donors (Lipinski definition) is 2. The van der Waals surface area contributed by atoms with Crippen molar-refractivity contribution >= 4 is 0 Å². The van der Waals surface area contributed by atoms with Crippen molar-refractivity contribution in [3.8, 4) is 0 Å². The molecule has 3 heteroatoms. The van der Waals surface area contributed by atoms with Crippen molar-refractivity contribution in [2.24, 2.45) is 11.3 Å². The van der Waals surface area contributed by atoms with Crippen LogP contribution in [-0.2, 0) is 0 Å². The molecule has 1 heterocycles. The van der Waals surface area contributed by atoms with Crippen LogP contribution < -0.4 is 5.32 Å². The number of likely N-dealkylation sites (N-methyl/N-ethyl adjacent to an activating group) is 1. The lowest BCUT2D eigenvalue weighted by Gasteiger charge is -2.35. The van der Waals surface area contributed by atoms with Gasteiger partial charge in [-0.25, -0.2) is 0 Å². The van der Waals surface area contributed by atoms with Crippen LogP contribution in [0.3, 0.4) is 0 Å². The van der Waals surface area contributed by atoms with Gasteiger partial charge in [0.15, 0.2) is 0 Å². The summed E-state index contributed by atoms with van der Waals surface area (Å²) in [4.78, 5) is 2.62. The maximum Gasteiger partial charge on any atom is 0.0616 e. The number of nitrogens with one attached hydrogen (secondary N) is 1. The molecule has 2 rings (SSSR count).